The van der Waals surface area contributed by atoms with Crippen molar-refractivity contribution in [1.29, 1.82) is 0 Å². The maximum absolute atomic E-state index is 13.0. The Bertz CT molecular complexity index is 560. The number of aliphatic hydroxyl groups is 1. The van der Waals surface area contributed by atoms with Crippen molar-refractivity contribution in [3.05, 3.63) is 35.2 Å². The Kier molecular flexibility index (Phi) is 3.06. The van der Waals surface area contributed by atoms with Gasteiger partial charge in [0.25, 0.3) is 0 Å². The lowest BCUT2D eigenvalue weighted by Crippen LogP contribution is -2.42. The Morgan fingerprint density at radius 3 is 2.28 bits per heavy atom. The fourth-order valence-corrected chi connectivity index (χ4v) is 2.54. The summed E-state index contributed by atoms with van der Waals surface area (Å²) in [5.41, 5.74) is -0.405. The minimum atomic E-state index is -5.78. The molecular formula is C11H7F5OS. The van der Waals surface area contributed by atoms with Crippen molar-refractivity contribution >= 4 is 21.4 Å². The van der Waals surface area contributed by atoms with Crippen molar-refractivity contribution in [2.75, 3.05) is 0 Å². The van der Waals surface area contributed by atoms with E-state index in [1.165, 1.54) is 12.1 Å². The number of hydrogen-bond donors (Lipinski definition) is 1. The summed E-state index contributed by atoms with van der Waals surface area (Å²) < 4.78 is 63.1. The standard InChI is InChI=1S/C11H7F5OS/c12-10(13,11(14,15)16)9(17)7-5-18-8-4-2-1-3-6(7)8/h1-5,9,17H. The number of benzene rings is 1. The molecular weight excluding hydrogens is 275 g/mol. The van der Waals surface area contributed by atoms with Crippen LogP contribution in [-0.4, -0.2) is 17.2 Å². The van der Waals surface area contributed by atoms with Crippen LogP contribution in [0.5, 0.6) is 0 Å². The van der Waals surface area contributed by atoms with Gasteiger partial charge in [-0.2, -0.15) is 22.0 Å². The highest BCUT2D eigenvalue weighted by Gasteiger charge is 2.62. The quantitative estimate of drug-likeness (QED) is 0.821. The topological polar surface area (TPSA) is 20.2 Å². The van der Waals surface area contributed by atoms with Gasteiger partial charge in [-0.3, -0.25) is 0 Å². The Hall–Kier alpha value is -1.21. The second-order valence-electron chi connectivity index (χ2n) is 3.71. The summed E-state index contributed by atoms with van der Waals surface area (Å²) in [6.45, 7) is 0. The lowest BCUT2D eigenvalue weighted by molar-refractivity contribution is -0.314. The Balaban J connectivity index is 2.49. The van der Waals surface area contributed by atoms with Gasteiger partial charge in [0.15, 0.2) is 6.10 Å². The van der Waals surface area contributed by atoms with Crippen LogP contribution in [0.3, 0.4) is 0 Å². The number of aliphatic hydroxyl groups excluding tert-OH is 1. The number of rotatable bonds is 2. The van der Waals surface area contributed by atoms with E-state index in [-0.39, 0.29) is 5.39 Å². The van der Waals surface area contributed by atoms with Crippen molar-refractivity contribution < 1.29 is 27.1 Å². The molecule has 1 atom stereocenters. The third-order valence-corrected chi connectivity index (χ3v) is 3.51. The average Bonchev–Trinajstić information content (AvgIpc) is 2.70. The molecule has 1 aromatic heterocycles. The molecule has 18 heavy (non-hydrogen) atoms. The second kappa shape index (κ2) is 4.17. The van der Waals surface area contributed by atoms with Crippen LogP contribution in [0, 0.1) is 0 Å². The first-order chi connectivity index (χ1) is 8.25. The van der Waals surface area contributed by atoms with Gasteiger partial charge in [-0.15, -0.1) is 11.3 Å². The van der Waals surface area contributed by atoms with Gasteiger partial charge < -0.3 is 5.11 Å². The van der Waals surface area contributed by atoms with Gasteiger partial charge >= 0.3 is 12.1 Å². The number of hydrogen-bond acceptors (Lipinski definition) is 2. The highest BCUT2D eigenvalue weighted by atomic mass is 32.1. The van der Waals surface area contributed by atoms with Crippen LogP contribution >= 0.6 is 11.3 Å². The van der Waals surface area contributed by atoms with E-state index in [1.807, 2.05) is 0 Å². The van der Waals surface area contributed by atoms with Gasteiger partial charge in [-0.1, -0.05) is 18.2 Å². The van der Waals surface area contributed by atoms with Crippen LogP contribution in [-0.2, 0) is 0 Å². The monoisotopic (exact) mass is 282 g/mol. The van der Waals surface area contributed by atoms with Crippen molar-refractivity contribution in [3.8, 4) is 0 Å². The minimum Gasteiger partial charge on any atom is -0.382 e. The van der Waals surface area contributed by atoms with Crippen LogP contribution < -0.4 is 0 Å². The van der Waals surface area contributed by atoms with Crippen LogP contribution in [0.1, 0.15) is 11.7 Å². The van der Waals surface area contributed by atoms with Gasteiger partial charge in [-0.05, 0) is 16.8 Å². The van der Waals surface area contributed by atoms with Gasteiger partial charge in [0.2, 0.25) is 0 Å². The lowest BCUT2D eigenvalue weighted by atomic mass is 10.0. The molecule has 0 aliphatic rings. The molecule has 1 nitrogen and oxygen atoms in total. The molecule has 0 saturated carbocycles. The van der Waals surface area contributed by atoms with E-state index in [2.05, 4.69) is 0 Å². The van der Waals surface area contributed by atoms with E-state index in [1.54, 1.807) is 12.1 Å². The summed E-state index contributed by atoms with van der Waals surface area (Å²) in [7, 11) is 0. The average molecular weight is 282 g/mol. The van der Waals surface area contributed by atoms with Gasteiger partial charge in [0.05, 0.1) is 0 Å². The van der Waals surface area contributed by atoms with E-state index < -0.39 is 23.8 Å². The normalized spacial score (nSPS) is 15.0. The van der Waals surface area contributed by atoms with Crippen LogP contribution in [0.15, 0.2) is 29.6 Å². The molecule has 98 valence electrons. The molecule has 7 heteroatoms. The predicted molar refractivity (Wildman–Crippen MR) is 57.8 cm³/mol. The molecule has 0 saturated heterocycles. The van der Waals surface area contributed by atoms with E-state index in [0.717, 1.165) is 16.7 Å². The first kappa shape index (κ1) is 13.2. The molecule has 0 aliphatic carbocycles. The predicted octanol–water partition coefficient (Wildman–Crippen LogP) is 4.13. The zero-order chi connectivity index (χ0) is 13.6. The van der Waals surface area contributed by atoms with E-state index in [0.29, 0.717) is 4.70 Å². The maximum atomic E-state index is 13.0. The summed E-state index contributed by atoms with van der Waals surface area (Å²) in [5, 5.41) is 10.6. The summed E-state index contributed by atoms with van der Waals surface area (Å²) in [6.07, 6.45) is -8.68. The molecule has 0 spiro atoms. The molecule has 0 amide bonds. The highest BCUT2D eigenvalue weighted by Crippen LogP contribution is 2.46. The maximum Gasteiger partial charge on any atom is 0.456 e. The molecule has 1 aromatic carbocycles. The molecule has 2 rings (SSSR count). The second-order valence-corrected chi connectivity index (χ2v) is 4.62. The number of halogens is 5. The third-order valence-electron chi connectivity index (χ3n) is 2.53. The molecule has 0 radical (unpaired) electrons. The van der Waals surface area contributed by atoms with Crippen molar-refractivity contribution in [1.82, 2.24) is 0 Å². The Morgan fingerprint density at radius 1 is 1.06 bits per heavy atom. The fraction of sp³-hybridized carbons (Fsp3) is 0.273. The number of thiophene rings is 1. The smallest absolute Gasteiger partial charge is 0.382 e. The molecule has 0 fully saturated rings. The van der Waals surface area contributed by atoms with Crippen molar-refractivity contribution in [3.63, 3.8) is 0 Å². The molecule has 0 bridgehead atoms. The number of fused-ring (bicyclic) bond motifs is 1. The van der Waals surface area contributed by atoms with Gasteiger partial charge in [0, 0.05) is 10.3 Å². The molecule has 1 heterocycles. The first-order valence-corrected chi connectivity index (χ1v) is 5.72. The SMILES string of the molecule is OC(c1csc2ccccc12)C(F)(F)C(F)(F)F. The zero-order valence-electron chi connectivity index (χ0n) is 8.71. The Labute approximate surface area is 102 Å². The molecule has 1 N–H and O–H groups in total. The van der Waals surface area contributed by atoms with Crippen molar-refractivity contribution in [2.24, 2.45) is 0 Å². The highest BCUT2D eigenvalue weighted by molar-refractivity contribution is 7.17. The summed E-state index contributed by atoms with van der Waals surface area (Å²) in [6, 6.07) is 6.13. The van der Waals surface area contributed by atoms with Crippen LogP contribution in [0.2, 0.25) is 0 Å². The minimum absolute atomic E-state index is 0.207. The Morgan fingerprint density at radius 2 is 1.67 bits per heavy atom. The first-order valence-electron chi connectivity index (χ1n) is 4.84. The largest absolute Gasteiger partial charge is 0.456 e. The van der Waals surface area contributed by atoms with Crippen LogP contribution in [0.25, 0.3) is 10.1 Å². The third kappa shape index (κ3) is 1.97. The lowest BCUT2D eigenvalue weighted by Gasteiger charge is -2.24. The fourth-order valence-electron chi connectivity index (χ4n) is 1.56. The summed E-state index contributed by atoms with van der Waals surface area (Å²) in [5.74, 6) is -5.17. The van der Waals surface area contributed by atoms with Crippen LogP contribution in [0.4, 0.5) is 22.0 Å². The summed E-state index contributed by atoms with van der Waals surface area (Å²) >= 11 is 1.01. The van der Waals surface area contributed by atoms with Crippen molar-refractivity contribution in [2.45, 2.75) is 18.2 Å². The van der Waals surface area contributed by atoms with Gasteiger partial charge in [-0.25, -0.2) is 0 Å². The molecule has 1 unspecified atom stereocenters. The van der Waals surface area contributed by atoms with E-state index in [9.17, 15) is 27.1 Å². The van der Waals surface area contributed by atoms with Gasteiger partial charge in [0.1, 0.15) is 0 Å². The zero-order valence-corrected chi connectivity index (χ0v) is 9.53. The number of alkyl halides is 5. The molecule has 0 aliphatic heterocycles. The summed E-state index contributed by atoms with van der Waals surface area (Å²) in [4.78, 5) is 0. The van der Waals surface area contributed by atoms with E-state index >= 15 is 0 Å². The molecule has 2 aromatic rings. The van der Waals surface area contributed by atoms with E-state index in [4.69, 9.17) is 0 Å².